The first kappa shape index (κ1) is 16.5. The molecule has 2 heterocycles. The lowest BCUT2D eigenvalue weighted by Crippen LogP contribution is -2.45. The van der Waals surface area contributed by atoms with Crippen molar-refractivity contribution in [1.29, 1.82) is 0 Å². The minimum atomic E-state index is -0.752. The Hall–Kier alpha value is -2.31. The first-order chi connectivity index (χ1) is 11.6. The number of carbonyl (C=O) groups is 1. The van der Waals surface area contributed by atoms with E-state index >= 15 is 0 Å². The molecular formula is C18H21N3O3. The summed E-state index contributed by atoms with van der Waals surface area (Å²) in [7, 11) is 0. The molecule has 0 radical (unpaired) electrons. The Morgan fingerprint density at radius 3 is 2.62 bits per heavy atom. The maximum Gasteiger partial charge on any atom is 0.191 e. The number of ketones is 1. The molecule has 0 spiro atoms. The van der Waals surface area contributed by atoms with Gasteiger partial charge in [0.2, 0.25) is 0 Å². The van der Waals surface area contributed by atoms with Gasteiger partial charge in [0, 0.05) is 0 Å². The molecule has 0 amide bonds. The van der Waals surface area contributed by atoms with Gasteiger partial charge in [-0.2, -0.15) is 5.10 Å². The topological polar surface area (TPSA) is 66.2 Å². The van der Waals surface area contributed by atoms with Crippen molar-refractivity contribution in [3.05, 3.63) is 48.5 Å². The van der Waals surface area contributed by atoms with E-state index in [0.29, 0.717) is 18.9 Å². The maximum atomic E-state index is 13.2. The molecule has 1 aromatic heterocycles. The van der Waals surface area contributed by atoms with Crippen LogP contribution in [-0.2, 0) is 14.3 Å². The third-order valence-electron chi connectivity index (χ3n) is 4.06. The fraction of sp³-hybridized carbons (Fsp3) is 0.389. The van der Waals surface area contributed by atoms with Crippen LogP contribution < -0.4 is 0 Å². The monoisotopic (exact) mass is 327 g/mol. The van der Waals surface area contributed by atoms with E-state index in [1.807, 2.05) is 50.3 Å². The number of nitrogens with zero attached hydrogens (tertiary/aromatic N) is 3. The van der Waals surface area contributed by atoms with Crippen LogP contribution in [0.5, 0.6) is 0 Å². The number of ether oxygens (including phenoxy) is 2. The summed E-state index contributed by atoms with van der Waals surface area (Å²) < 4.78 is 12.8. The Morgan fingerprint density at radius 2 is 2.04 bits per heavy atom. The number of hydrogen-bond donors (Lipinski definition) is 0. The van der Waals surface area contributed by atoms with Crippen LogP contribution in [0.2, 0.25) is 0 Å². The lowest BCUT2D eigenvalue weighted by Gasteiger charge is -2.36. The van der Waals surface area contributed by atoms with E-state index in [0.717, 1.165) is 12.0 Å². The average molecular weight is 327 g/mol. The fourth-order valence-electron chi connectivity index (χ4n) is 2.59. The van der Waals surface area contributed by atoms with Gasteiger partial charge in [0.15, 0.2) is 12.1 Å². The summed E-state index contributed by atoms with van der Waals surface area (Å²) in [6.45, 7) is 4.50. The highest BCUT2D eigenvalue weighted by Crippen LogP contribution is 2.31. The van der Waals surface area contributed by atoms with E-state index in [4.69, 9.17) is 9.47 Å². The molecule has 24 heavy (non-hydrogen) atoms. The number of hydrogen-bond acceptors (Lipinski definition) is 5. The molecule has 0 bridgehead atoms. The van der Waals surface area contributed by atoms with Crippen LogP contribution in [0.25, 0.3) is 11.8 Å². The van der Waals surface area contributed by atoms with Crippen molar-refractivity contribution in [2.45, 2.75) is 26.6 Å². The van der Waals surface area contributed by atoms with Gasteiger partial charge in [0.05, 0.1) is 18.6 Å². The molecule has 1 aliphatic heterocycles. The second-order valence-electron chi connectivity index (χ2n) is 6.13. The zero-order valence-corrected chi connectivity index (χ0v) is 13.9. The second-order valence-corrected chi connectivity index (χ2v) is 6.13. The van der Waals surface area contributed by atoms with Gasteiger partial charge in [-0.25, -0.2) is 9.67 Å². The largest absolute Gasteiger partial charge is 0.352 e. The average Bonchev–Trinajstić information content (AvgIpc) is 3.15. The number of benzene rings is 1. The van der Waals surface area contributed by atoms with Gasteiger partial charge < -0.3 is 9.47 Å². The molecule has 1 fully saturated rings. The zero-order valence-electron chi connectivity index (χ0n) is 13.9. The number of carbonyl (C=O) groups excluding carboxylic acids is 1. The summed E-state index contributed by atoms with van der Waals surface area (Å²) in [6, 6.07) is 9.66. The molecule has 1 aliphatic rings. The third-order valence-corrected chi connectivity index (χ3v) is 4.06. The van der Waals surface area contributed by atoms with Crippen molar-refractivity contribution in [2.24, 2.45) is 5.41 Å². The third kappa shape index (κ3) is 3.44. The molecule has 126 valence electrons. The Morgan fingerprint density at radius 1 is 1.33 bits per heavy atom. The summed E-state index contributed by atoms with van der Waals surface area (Å²) in [4.78, 5) is 17.2. The van der Waals surface area contributed by atoms with Gasteiger partial charge in [0.25, 0.3) is 0 Å². The molecule has 1 aromatic carbocycles. The smallest absolute Gasteiger partial charge is 0.191 e. The highest BCUT2D eigenvalue weighted by Gasteiger charge is 2.41. The standard InChI is InChI=1S/C18H21N3O3/c1-3-16-23-10-18(2,11-24-16)17(22)15(21-13-19-12-20-21)9-14-7-5-4-6-8-14/h4-9,12-13,16H,3,10-11H2,1-2H3. The van der Waals surface area contributed by atoms with E-state index in [1.165, 1.54) is 17.3 Å². The van der Waals surface area contributed by atoms with E-state index in [9.17, 15) is 4.79 Å². The van der Waals surface area contributed by atoms with Crippen LogP contribution in [0, 0.1) is 5.41 Å². The lowest BCUT2D eigenvalue weighted by molar-refractivity contribution is -0.221. The summed E-state index contributed by atoms with van der Waals surface area (Å²) >= 11 is 0. The highest BCUT2D eigenvalue weighted by atomic mass is 16.7. The summed E-state index contributed by atoms with van der Waals surface area (Å²) in [5.74, 6) is -0.0774. The number of allylic oxidation sites excluding steroid dienone is 1. The van der Waals surface area contributed by atoms with Gasteiger partial charge in [-0.15, -0.1) is 0 Å². The summed E-state index contributed by atoms with van der Waals surface area (Å²) in [6.07, 6.45) is 5.28. The van der Waals surface area contributed by atoms with Crippen molar-refractivity contribution < 1.29 is 14.3 Å². The fourth-order valence-corrected chi connectivity index (χ4v) is 2.59. The van der Waals surface area contributed by atoms with Gasteiger partial charge in [-0.05, 0) is 25.0 Å². The summed E-state index contributed by atoms with van der Waals surface area (Å²) in [5, 5.41) is 4.13. The molecule has 6 heteroatoms. The zero-order chi connectivity index (χ0) is 17.0. The predicted octanol–water partition coefficient (Wildman–Crippen LogP) is 2.63. The number of aromatic nitrogens is 3. The highest BCUT2D eigenvalue weighted by molar-refractivity contribution is 6.22. The molecule has 0 N–H and O–H groups in total. The lowest BCUT2D eigenvalue weighted by atomic mass is 9.84. The van der Waals surface area contributed by atoms with Crippen molar-refractivity contribution in [1.82, 2.24) is 14.8 Å². The van der Waals surface area contributed by atoms with Crippen LogP contribution in [-0.4, -0.2) is 40.1 Å². The van der Waals surface area contributed by atoms with Crippen LogP contribution >= 0.6 is 0 Å². The van der Waals surface area contributed by atoms with Gasteiger partial charge in [-0.3, -0.25) is 4.79 Å². The minimum absolute atomic E-state index is 0.0774. The molecule has 6 nitrogen and oxygen atoms in total. The SMILES string of the molecule is CCC1OCC(C)(C(=O)C(=Cc2ccccc2)n2cncn2)CO1. The van der Waals surface area contributed by atoms with Crippen molar-refractivity contribution in [3.63, 3.8) is 0 Å². The molecule has 0 atom stereocenters. The van der Waals surface area contributed by atoms with Crippen LogP contribution in [0.15, 0.2) is 43.0 Å². The normalized spacial score (nSPS) is 24.8. The predicted molar refractivity (Wildman–Crippen MR) is 89.7 cm³/mol. The van der Waals surface area contributed by atoms with Gasteiger partial charge in [-0.1, -0.05) is 37.3 Å². The van der Waals surface area contributed by atoms with Gasteiger partial charge in [0.1, 0.15) is 18.4 Å². The summed E-state index contributed by atoms with van der Waals surface area (Å²) in [5.41, 5.74) is 0.616. The van der Waals surface area contributed by atoms with Gasteiger partial charge >= 0.3 is 0 Å². The molecular weight excluding hydrogens is 306 g/mol. The van der Waals surface area contributed by atoms with Crippen LogP contribution in [0.4, 0.5) is 0 Å². The molecule has 3 rings (SSSR count). The molecule has 0 aliphatic carbocycles. The van der Waals surface area contributed by atoms with Crippen molar-refractivity contribution >= 4 is 17.6 Å². The molecule has 0 unspecified atom stereocenters. The molecule has 2 aromatic rings. The number of rotatable bonds is 5. The van der Waals surface area contributed by atoms with Crippen LogP contribution in [0.3, 0.4) is 0 Å². The second kappa shape index (κ2) is 7.07. The van der Waals surface area contributed by atoms with E-state index < -0.39 is 5.41 Å². The van der Waals surface area contributed by atoms with Crippen LogP contribution in [0.1, 0.15) is 25.8 Å². The van der Waals surface area contributed by atoms with E-state index in [2.05, 4.69) is 10.1 Å². The Kier molecular flexibility index (Phi) is 4.87. The Bertz CT molecular complexity index is 702. The minimum Gasteiger partial charge on any atom is -0.352 e. The Labute approximate surface area is 141 Å². The van der Waals surface area contributed by atoms with E-state index in [-0.39, 0.29) is 12.1 Å². The van der Waals surface area contributed by atoms with E-state index in [1.54, 1.807) is 0 Å². The first-order valence-corrected chi connectivity index (χ1v) is 8.02. The first-order valence-electron chi connectivity index (χ1n) is 8.02. The Balaban J connectivity index is 1.92. The van der Waals surface area contributed by atoms with Crippen molar-refractivity contribution in [2.75, 3.05) is 13.2 Å². The quantitative estimate of drug-likeness (QED) is 0.790. The maximum absolute atomic E-state index is 13.2. The number of Topliss-reactive ketones (excluding diaryl/α,β-unsaturated/α-hetero) is 1. The molecule has 0 saturated carbocycles. The molecule has 1 saturated heterocycles. The van der Waals surface area contributed by atoms with Crippen molar-refractivity contribution in [3.8, 4) is 0 Å².